The Morgan fingerprint density at radius 3 is 2.36 bits per heavy atom. The summed E-state index contributed by atoms with van der Waals surface area (Å²) in [7, 11) is 0. The molecule has 3 aromatic carbocycles. The summed E-state index contributed by atoms with van der Waals surface area (Å²) < 4.78 is 0. The Morgan fingerprint density at radius 1 is 1.00 bits per heavy atom. The molecule has 3 N–H and O–H groups in total. The van der Waals surface area contributed by atoms with Crippen molar-refractivity contribution >= 4 is 16.5 Å². The molecule has 5 nitrogen and oxygen atoms in total. The maximum absolute atomic E-state index is 10.7. The molecule has 22 heavy (non-hydrogen) atoms. The van der Waals surface area contributed by atoms with Gasteiger partial charge in [0.25, 0.3) is 5.69 Å². The molecule has 0 unspecified atom stereocenters. The number of non-ortho nitro benzene ring substituents is 1. The molecule has 5 heteroatoms. The summed E-state index contributed by atoms with van der Waals surface area (Å²) in [5.74, 6) is 0.115. The summed E-state index contributed by atoms with van der Waals surface area (Å²) in [6, 6.07) is 16.6. The lowest BCUT2D eigenvalue weighted by Crippen LogP contribution is -2.12. The minimum absolute atomic E-state index is 0.0121. The summed E-state index contributed by atoms with van der Waals surface area (Å²) in [5.41, 5.74) is 7.62. The van der Waals surface area contributed by atoms with Gasteiger partial charge in [0.2, 0.25) is 0 Å². The first-order valence-corrected chi connectivity index (χ1v) is 6.78. The van der Waals surface area contributed by atoms with Gasteiger partial charge in [0.15, 0.2) is 0 Å². The van der Waals surface area contributed by atoms with E-state index in [9.17, 15) is 15.2 Å². The van der Waals surface area contributed by atoms with Crippen molar-refractivity contribution < 1.29 is 10.0 Å². The second-order valence-electron chi connectivity index (χ2n) is 5.05. The van der Waals surface area contributed by atoms with E-state index in [1.54, 1.807) is 18.2 Å². The fourth-order valence-corrected chi connectivity index (χ4v) is 2.58. The van der Waals surface area contributed by atoms with Crippen LogP contribution in [0.25, 0.3) is 10.8 Å². The Balaban J connectivity index is 2.10. The third-order valence-corrected chi connectivity index (χ3v) is 3.72. The average Bonchev–Trinajstić information content (AvgIpc) is 2.54. The Labute approximate surface area is 126 Å². The number of hydrogen-bond acceptors (Lipinski definition) is 4. The molecule has 3 aromatic rings. The fourth-order valence-electron chi connectivity index (χ4n) is 2.58. The van der Waals surface area contributed by atoms with Crippen molar-refractivity contribution in [1.82, 2.24) is 0 Å². The number of phenols is 1. The molecule has 0 saturated heterocycles. The van der Waals surface area contributed by atoms with Gasteiger partial charge in [-0.05, 0) is 22.4 Å². The smallest absolute Gasteiger partial charge is 0.269 e. The van der Waals surface area contributed by atoms with Crippen molar-refractivity contribution in [2.45, 2.75) is 6.04 Å². The molecule has 3 rings (SSSR count). The van der Waals surface area contributed by atoms with Crippen LogP contribution < -0.4 is 5.73 Å². The van der Waals surface area contributed by atoms with Crippen LogP contribution in [0.2, 0.25) is 0 Å². The van der Waals surface area contributed by atoms with E-state index in [0.29, 0.717) is 11.1 Å². The maximum atomic E-state index is 10.7. The molecule has 0 bridgehead atoms. The van der Waals surface area contributed by atoms with Gasteiger partial charge in [-0.25, -0.2) is 0 Å². The highest BCUT2D eigenvalue weighted by atomic mass is 16.6. The second kappa shape index (κ2) is 5.46. The first-order chi connectivity index (χ1) is 10.6. The van der Waals surface area contributed by atoms with Gasteiger partial charge in [0, 0.05) is 17.7 Å². The molecule has 0 aliphatic rings. The molecule has 0 aromatic heterocycles. The van der Waals surface area contributed by atoms with Crippen molar-refractivity contribution in [2.24, 2.45) is 5.73 Å². The molecule has 110 valence electrons. The Bertz CT molecular complexity index is 844. The van der Waals surface area contributed by atoms with Gasteiger partial charge in [-0.15, -0.1) is 0 Å². The van der Waals surface area contributed by atoms with E-state index in [4.69, 9.17) is 5.73 Å². The van der Waals surface area contributed by atoms with Gasteiger partial charge in [0.05, 0.1) is 11.0 Å². The summed E-state index contributed by atoms with van der Waals surface area (Å²) in [6.07, 6.45) is 0. The average molecular weight is 294 g/mol. The highest BCUT2D eigenvalue weighted by Crippen LogP contribution is 2.34. The van der Waals surface area contributed by atoms with Crippen LogP contribution in [-0.4, -0.2) is 10.0 Å². The van der Waals surface area contributed by atoms with Crippen molar-refractivity contribution in [3.8, 4) is 5.75 Å². The first-order valence-electron chi connectivity index (χ1n) is 6.78. The van der Waals surface area contributed by atoms with Crippen LogP contribution in [0.5, 0.6) is 5.75 Å². The monoisotopic (exact) mass is 294 g/mol. The first kappa shape index (κ1) is 14.0. The van der Waals surface area contributed by atoms with E-state index in [0.717, 1.165) is 10.8 Å². The number of phenolic OH excluding ortho intramolecular Hbond substituents is 1. The van der Waals surface area contributed by atoms with Crippen LogP contribution in [0.1, 0.15) is 17.2 Å². The molecule has 0 heterocycles. The van der Waals surface area contributed by atoms with Crippen LogP contribution >= 0.6 is 0 Å². The predicted molar refractivity (Wildman–Crippen MR) is 84.7 cm³/mol. The molecule has 0 saturated carbocycles. The van der Waals surface area contributed by atoms with E-state index >= 15 is 0 Å². The van der Waals surface area contributed by atoms with Gasteiger partial charge >= 0.3 is 0 Å². The Kier molecular flexibility index (Phi) is 3.48. The highest BCUT2D eigenvalue weighted by molar-refractivity contribution is 5.88. The number of rotatable bonds is 3. The van der Waals surface area contributed by atoms with Crippen molar-refractivity contribution in [3.63, 3.8) is 0 Å². The van der Waals surface area contributed by atoms with Crippen LogP contribution in [0, 0.1) is 10.1 Å². The molecule has 0 spiro atoms. The molecule has 0 aliphatic heterocycles. The molecule has 0 radical (unpaired) electrons. The lowest BCUT2D eigenvalue weighted by atomic mass is 9.93. The zero-order chi connectivity index (χ0) is 15.7. The van der Waals surface area contributed by atoms with Crippen molar-refractivity contribution in [3.05, 3.63) is 81.9 Å². The number of nitro groups is 1. The SMILES string of the molecule is N[C@H](c1ccc([N+](=O)[O-])cc1)c1c(O)ccc2ccccc12. The van der Waals surface area contributed by atoms with E-state index in [1.165, 1.54) is 12.1 Å². The minimum Gasteiger partial charge on any atom is -0.508 e. The lowest BCUT2D eigenvalue weighted by Gasteiger charge is -2.16. The van der Waals surface area contributed by atoms with Gasteiger partial charge in [0.1, 0.15) is 5.75 Å². The fraction of sp³-hybridized carbons (Fsp3) is 0.0588. The third-order valence-electron chi connectivity index (χ3n) is 3.72. The molecular weight excluding hydrogens is 280 g/mol. The van der Waals surface area contributed by atoms with Crippen molar-refractivity contribution in [1.29, 1.82) is 0 Å². The van der Waals surface area contributed by atoms with Crippen LogP contribution in [-0.2, 0) is 0 Å². The number of hydrogen-bond donors (Lipinski definition) is 2. The largest absolute Gasteiger partial charge is 0.508 e. The maximum Gasteiger partial charge on any atom is 0.269 e. The normalized spacial score (nSPS) is 12.2. The molecular formula is C17H14N2O3. The third kappa shape index (κ3) is 2.38. The summed E-state index contributed by atoms with van der Waals surface area (Å²) in [6.45, 7) is 0. The second-order valence-corrected chi connectivity index (χ2v) is 5.05. The molecule has 0 aliphatic carbocycles. The van der Waals surface area contributed by atoms with Gasteiger partial charge in [-0.1, -0.05) is 42.5 Å². The number of nitrogens with two attached hydrogens (primary N) is 1. The summed E-state index contributed by atoms with van der Waals surface area (Å²) in [5, 5.41) is 22.8. The molecule has 0 amide bonds. The quantitative estimate of drug-likeness (QED) is 0.571. The van der Waals surface area contributed by atoms with E-state index in [-0.39, 0.29) is 11.4 Å². The zero-order valence-corrected chi connectivity index (χ0v) is 11.6. The molecule has 1 atom stereocenters. The Morgan fingerprint density at radius 2 is 1.68 bits per heavy atom. The van der Waals surface area contributed by atoms with Gasteiger partial charge in [-0.2, -0.15) is 0 Å². The van der Waals surface area contributed by atoms with E-state index in [2.05, 4.69) is 0 Å². The number of aromatic hydroxyl groups is 1. The number of fused-ring (bicyclic) bond motifs is 1. The summed E-state index contributed by atoms with van der Waals surface area (Å²) >= 11 is 0. The van der Waals surface area contributed by atoms with Gasteiger partial charge in [-0.3, -0.25) is 10.1 Å². The van der Waals surface area contributed by atoms with Crippen LogP contribution in [0.4, 0.5) is 5.69 Å². The van der Waals surface area contributed by atoms with Gasteiger partial charge < -0.3 is 10.8 Å². The summed E-state index contributed by atoms with van der Waals surface area (Å²) in [4.78, 5) is 10.3. The topological polar surface area (TPSA) is 89.4 Å². The zero-order valence-electron chi connectivity index (χ0n) is 11.6. The lowest BCUT2D eigenvalue weighted by molar-refractivity contribution is -0.384. The number of nitro benzene ring substituents is 1. The number of benzene rings is 3. The predicted octanol–water partition coefficient (Wildman–Crippen LogP) is 3.50. The van der Waals surface area contributed by atoms with Crippen LogP contribution in [0.3, 0.4) is 0 Å². The highest BCUT2D eigenvalue weighted by Gasteiger charge is 2.17. The van der Waals surface area contributed by atoms with Crippen molar-refractivity contribution in [2.75, 3.05) is 0 Å². The van der Waals surface area contributed by atoms with Crippen LogP contribution in [0.15, 0.2) is 60.7 Å². The standard InChI is InChI=1S/C17H14N2O3/c18-17(12-5-8-13(9-6-12)19(21)22)16-14-4-2-1-3-11(14)7-10-15(16)20/h1-10,17,20H,18H2/t17-/m1/s1. The number of nitrogens with zero attached hydrogens (tertiary/aromatic N) is 1. The van der Waals surface area contributed by atoms with E-state index < -0.39 is 11.0 Å². The molecule has 0 fully saturated rings. The Hall–Kier alpha value is -2.92. The van der Waals surface area contributed by atoms with E-state index in [1.807, 2.05) is 30.3 Å². The minimum atomic E-state index is -0.563.